The average Bonchev–Trinajstić information content (AvgIpc) is 2.48. The normalized spacial score (nSPS) is 11.8. The third-order valence-electron chi connectivity index (χ3n) is 3.11. The van der Waals surface area contributed by atoms with Crippen molar-refractivity contribution in [3.63, 3.8) is 0 Å². The lowest BCUT2D eigenvalue weighted by Gasteiger charge is -2.18. The van der Waals surface area contributed by atoms with Gasteiger partial charge >= 0.3 is 5.97 Å². The fourth-order valence-electron chi connectivity index (χ4n) is 2.01. The lowest BCUT2D eigenvalue weighted by atomic mass is 10.1. The number of rotatable bonds is 4. The second kappa shape index (κ2) is 6.59. The minimum atomic E-state index is -0.480. The number of ether oxygens (including phenoxy) is 1. The molecule has 21 heavy (non-hydrogen) atoms. The van der Waals surface area contributed by atoms with Gasteiger partial charge in [-0.05, 0) is 42.8 Å². The monoisotopic (exact) mass is 307 g/mol. The highest BCUT2D eigenvalue weighted by molar-refractivity contribution is 6.31. The summed E-state index contributed by atoms with van der Waals surface area (Å²) in [6.45, 7) is 1.88. The molecule has 2 aromatic carbocycles. The molecule has 2 aromatic rings. The molecule has 0 amide bonds. The molecule has 5 heteroatoms. The number of halogens is 2. The molecule has 1 unspecified atom stereocenters. The summed E-state index contributed by atoms with van der Waals surface area (Å²) in [5.74, 6) is -0.781. The van der Waals surface area contributed by atoms with Crippen molar-refractivity contribution in [1.82, 2.24) is 0 Å². The van der Waals surface area contributed by atoms with Gasteiger partial charge in [-0.1, -0.05) is 23.7 Å². The first-order valence-corrected chi connectivity index (χ1v) is 6.79. The molecule has 0 aliphatic carbocycles. The summed E-state index contributed by atoms with van der Waals surface area (Å²) in [5.41, 5.74) is 1.71. The Bertz CT molecular complexity index is 660. The standard InChI is InChI=1S/C16H15ClFNO2/c1-10(11-4-3-5-13(18)8-11)19-15-7-6-12(17)9-14(15)16(20)21-2/h3-10,19H,1-2H3. The van der Waals surface area contributed by atoms with Crippen molar-refractivity contribution in [2.24, 2.45) is 0 Å². The molecular formula is C16H15ClFNO2. The van der Waals surface area contributed by atoms with Crippen LogP contribution >= 0.6 is 11.6 Å². The van der Waals surface area contributed by atoms with Crippen LogP contribution in [0.3, 0.4) is 0 Å². The second-order valence-electron chi connectivity index (χ2n) is 4.60. The van der Waals surface area contributed by atoms with E-state index >= 15 is 0 Å². The van der Waals surface area contributed by atoms with Crippen molar-refractivity contribution >= 4 is 23.3 Å². The molecule has 1 atom stereocenters. The fraction of sp³-hybridized carbons (Fsp3) is 0.188. The summed E-state index contributed by atoms with van der Waals surface area (Å²) in [6, 6.07) is 11.0. The Morgan fingerprint density at radius 3 is 2.71 bits per heavy atom. The minimum Gasteiger partial charge on any atom is -0.465 e. The zero-order valence-corrected chi connectivity index (χ0v) is 12.4. The van der Waals surface area contributed by atoms with Crippen molar-refractivity contribution in [2.45, 2.75) is 13.0 Å². The highest BCUT2D eigenvalue weighted by Gasteiger charge is 2.15. The van der Waals surface area contributed by atoms with Crippen LogP contribution in [0.15, 0.2) is 42.5 Å². The third kappa shape index (κ3) is 3.73. The Morgan fingerprint density at radius 1 is 1.29 bits per heavy atom. The third-order valence-corrected chi connectivity index (χ3v) is 3.34. The van der Waals surface area contributed by atoms with Gasteiger partial charge in [0, 0.05) is 16.8 Å². The molecule has 0 aliphatic rings. The largest absolute Gasteiger partial charge is 0.465 e. The Hall–Kier alpha value is -2.07. The summed E-state index contributed by atoms with van der Waals surface area (Å²) in [4.78, 5) is 11.8. The van der Waals surface area contributed by atoms with Crippen LogP contribution in [0.1, 0.15) is 28.9 Å². The van der Waals surface area contributed by atoms with Crippen molar-refractivity contribution in [2.75, 3.05) is 12.4 Å². The van der Waals surface area contributed by atoms with E-state index in [1.807, 2.05) is 13.0 Å². The number of hydrogen-bond donors (Lipinski definition) is 1. The molecule has 0 radical (unpaired) electrons. The first-order valence-electron chi connectivity index (χ1n) is 6.41. The van der Waals surface area contributed by atoms with Crippen LogP contribution in [0.5, 0.6) is 0 Å². The minimum absolute atomic E-state index is 0.176. The number of esters is 1. The van der Waals surface area contributed by atoms with Gasteiger partial charge in [0.1, 0.15) is 5.82 Å². The van der Waals surface area contributed by atoms with Gasteiger partial charge < -0.3 is 10.1 Å². The van der Waals surface area contributed by atoms with E-state index in [1.165, 1.54) is 25.3 Å². The van der Waals surface area contributed by atoms with Crippen LogP contribution in [0.4, 0.5) is 10.1 Å². The van der Waals surface area contributed by atoms with Gasteiger partial charge in [0.2, 0.25) is 0 Å². The van der Waals surface area contributed by atoms with Crippen molar-refractivity contribution < 1.29 is 13.9 Å². The summed E-state index contributed by atoms with van der Waals surface area (Å²) in [7, 11) is 1.31. The van der Waals surface area contributed by atoms with E-state index in [-0.39, 0.29) is 11.9 Å². The molecule has 2 rings (SSSR count). The van der Waals surface area contributed by atoms with Gasteiger partial charge in [-0.15, -0.1) is 0 Å². The van der Waals surface area contributed by atoms with Crippen LogP contribution in [0, 0.1) is 5.82 Å². The number of carbonyl (C=O) groups excluding carboxylic acids is 1. The van der Waals surface area contributed by atoms with Crippen LogP contribution in [0.25, 0.3) is 0 Å². The molecule has 0 spiro atoms. The van der Waals surface area contributed by atoms with Crippen molar-refractivity contribution in [3.05, 3.63) is 64.4 Å². The number of carbonyl (C=O) groups is 1. The van der Waals surface area contributed by atoms with Gasteiger partial charge in [-0.3, -0.25) is 0 Å². The molecule has 0 saturated heterocycles. The number of benzene rings is 2. The van der Waals surface area contributed by atoms with Gasteiger partial charge in [0.25, 0.3) is 0 Å². The zero-order valence-electron chi connectivity index (χ0n) is 11.7. The number of methoxy groups -OCH3 is 1. The molecular weight excluding hydrogens is 293 g/mol. The highest BCUT2D eigenvalue weighted by Crippen LogP contribution is 2.26. The quantitative estimate of drug-likeness (QED) is 0.849. The maximum Gasteiger partial charge on any atom is 0.340 e. The van der Waals surface area contributed by atoms with E-state index in [4.69, 9.17) is 16.3 Å². The number of hydrogen-bond acceptors (Lipinski definition) is 3. The Morgan fingerprint density at radius 2 is 2.05 bits per heavy atom. The molecule has 0 bridgehead atoms. The zero-order chi connectivity index (χ0) is 15.4. The summed E-state index contributed by atoms with van der Waals surface area (Å²) < 4.78 is 18.0. The molecule has 0 heterocycles. The first kappa shape index (κ1) is 15.3. The topological polar surface area (TPSA) is 38.3 Å². The molecule has 0 aromatic heterocycles. The molecule has 110 valence electrons. The van der Waals surface area contributed by atoms with E-state index in [1.54, 1.807) is 18.2 Å². The van der Waals surface area contributed by atoms with Crippen LogP contribution in [-0.2, 0) is 4.74 Å². The van der Waals surface area contributed by atoms with E-state index in [2.05, 4.69) is 5.32 Å². The van der Waals surface area contributed by atoms with E-state index in [0.717, 1.165) is 5.56 Å². The van der Waals surface area contributed by atoms with Gasteiger partial charge in [0.05, 0.1) is 12.7 Å². The highest BCUT2D eigenvalue weighted by atomic mass is 35.5. The lowest BCUT2D eigenvalue weighted by molar-refractivity contribution is 0.0602. The Kier molecular flexibility index (Phi) is 4.81. The van der Waals surface area contributed by atoms with Gasteiger partial charge in [-0.2, -0.15) is 0 Å². The van der Waals surface area contributed by atoms with Crippen LogP contribution in [-0.4, -0.2) is 13.1 Å². The van der Waals surface area contributed by atoms with Gasteiger partial charge in [0.15, 0.2) is 0 Å². The number of nitrogens with one attached hydrogen (secondary N) is 1. The van der Waals surface area contributed by atoms with Gasteiger partial charge in [-0.25, -0.2) is 9.18 Å². The lowest BCUT2D eigenvalue weighted by Crippen LogP contribution is -2.12. The van der Waals surface area contributed by atoms with Crippen LogP contribution in [0.2, 0.25) is 5.02 Å². The molecule has 0 fully saturated rings. The molecule has 0 aliphatic heterocycles. The average molecular weight is 308 g/mol. The maximum absolute atomic E-state index is 13.3. The predicted octanol–water partition coefficient (Wildman–Crippen LogP) is 4.44. The smallest absolute Gasteiger partial charge is 0.340 e. The van der Waals surface area contributed by atoms with Crippen LogP contribution < -0.4 is 5.32 Å². The molecule has 0 saturated carbocycles. The first-order chi connectivity index (χ1) is 10.0. The van der Waals surface area contributed by atoms with Crippen molar-refractivity contribution in [1.29, 1.82) is 0 Å². The van der Waals surface area contributed by atoms with E-state index in [9.17, 15) is 9.18 Å². The van der Waals surface area contributed by atoms with E-state index < -0.39 is 5.97 Å². The fourth-order valence-corrected chi connectivity index (χ4v) is 2.19. The van der Waals surface area contributed by atoms with E-state index in [0.29, 0.717) is 16.3 Å². The van der Waals surface area contributed by atoms with Crippen molar-refractivity contribution in [3.8, 4) is 0 Å². The summed E-state index contributed by atoms with van der Waals surface area (Å²) in [6.07, 6.45) is 0. The SMILES string of the molecule is COC(=O)c1cc(Cl)ccc1NC(C)c1cccc(F)c1. The maximum atomic E-state index is 13.3. The Balaban J connectivity index is 2.28. The molecule has 3 nitrogen and oxygen atoms in total. The summed E-state index contributed by atoms with van der Waals surface area (Å²) >= 11 is 5.91. The predicted molar refractivity (Wildman–Crippen MR) is 81.2 cm³/mol. The second-order valence-corrected chi connectivity index (χ2v) is 5.04. The Labute approximate surface area is 127 Å². The number of anilines is 1. The summed E-state index contributed by atoms with van der Waals surface area (Å²) in [5, 5.41) is 3.61. The molecule has 1 N–H and O–H groups in total.